The Morgan fingerprint density at radius 2 is 1.91 bits per heavy atom. The number of aromatic nitrogens is 4. The van der Waals surface area contributed by atoms with Crippen LogP contribution in [0.3, 0.4) is 0 Å². The van der Waals surface area contributed by atoms with Gasteiger partial charge in [-0.25, -0.2) is 4.68 Å². The monoisotopic (exact) mass is 454 g/mol. The van der Waals surface area contributed by atoms with Crippen molar-refractivity contribution in [2.45, 2.75) is 19.4 Å². The molecule has 0 aliphatic carbocycles. The molecule has 0 atom stereocenters. The number of methoxy groups -OCH3 is 1. The Morgan fingerprint density at radius 1 is 1.12 bits per heavy atom. The summed E-state index contributed by atoms with van der Waals surface area (Å²) >= 11 is 0. The summed E-state index contributed by atoms with van der Waals surface area (Å²) in [5.74, 6) is -0.0668. The molecule has 3 N–H and O–H groups in total. The van der Waals surface area contributed by atoms with Crippen LogP contribution in [0.1, 0.15) is 23.2 Å². The summed E-state index contributed by atoms with van der Waals surface area (Å²) in [6.45, 7) is 2.52. The lowest BCUT2D eigenvalue weighted by Gasteiger charge is -2.12. The van der Waals surface area contributed by atoms with Gasteiger partial charge < -0.3 is 25.2 Å². The highest BCUT2D eigenvalue weighted by atomic mass is 16.5. The van der Waals surface area contributed by atoms with Gasteiger partial charge in [0, 0.05) is 44.0 Å². The molecule has 1 aromatic heterocycles. The minimum absolute atomic E-state index is 0.113. The summed E-state index contributed by atoms with van der Waals surface area (Å²) in [6.07, 6.45) is 1.55. The average Bonchev–Trinajstić information content (AvgIpc) is 3.25. The fourth-order valence-electron chi connectivity index (χ4n) is 3.42. The van der Waals surface area contributed by atoms with Crippen molar-refractivity contribution in [1.82, 2.24) is 30.4 Å². The minimum Gasteiger partial charge on any atom is -0.507 e. The molecule has 0 bridgehead atoms. The number of tetrazole rings is 1. The van der Waals surface area contributed by atoms with Gasteiger partial charge in [-0.05, 0) is 67.7 Å². The Balaban J connectivity index is 1.85. The number of aromatic hydroxyl groups is 2. The summed E-state index contributed by atoms with van der Waals surface area (Å²) in [5, 5.41) is 35.7. The van der Waals surface area contributed by atoms with E-state index in [1.165, 1.54) is 6.07 Å². The summed E-state index contributed by atoms with van der Waals surface area (Å²) in [5.41, 5.74) is 1.95. The highest BCUT2D eigenvalue weighted by molar-refractivity contribution is 5.95. The molecule has 1 heterocycles. The number of hydrogen-bond acceptors (Lipinski definition) is 8. The number of phenols is 2. The van der Waals surface area contributed by atoms with E-state index in [9.17, 15) is 15.0 Å². The van der Waals surface area contributed by atoms with E-state index in [2.05, 4.69) is 25.7 Å². The van der Waals surface area contributed by atoms with Gasteiger partial charge in [0.15, 0.2) is 5.82 Å². The number of phenolic OH excluding ortho intramolecular Hbond substituents is 2. The first-order valence-corrected chi connectivity index (χ1v) is 10.8. The van der Waals surface area contributed by atoms with Crippen molar-refractivity contribution >= 4 is 5.91 Å². The van der Waals surface area contributed by atoms with Crippen molar-refractivity contribution in [3.05, 3.63) is 42.0 Å². The molecule has 2 aromatic carbocycles. The van der Waals surface area contributed by atoms with Gasteiger partial charge in [0.25, 0.3) is 5.91 Å². The van der Waals surface area contributed by atoms with Crippen molar-refractivity contribution in [1.29, 1.82) is 0 Å². The number of hydrogen-bond donors (Lipinski definition) is 3. The Morgan fingerprint density at radius 3 is 2.67 bits per heavy atom. The summed E-state index contributed by atoms with van der Waals surface area (Å²) in [6, 6.07) is 9.85. The van der Waals surface area contributed by atoms with E-state index >= 15 is 0 Å². The van der Waals surface area contributed by atoms with E-state index in [1.807, 2.05) is 14.1 Å². The Bertz CT molecular complexity index is 1080. The van der Waals surface area contributed by atoms with E-state index in [4.69, 9.17) is 4.74 Å². The van der Waals surface area contributed by atoms with Gasteiger partial charge in [-0.15, -0.1) is 5.10 Å². The molecule has 0 unspecified atom stereocenters. The maximum Gasteiger partial charge on any atom is 0.251 e. The molecule has 0 saturated carbocycles. The van der Waals surface area contributed by atoms with Gasteiger partial charge in [-0.2, -0.15) is 0 Å². The van der Waals surface area contributed by atoms with Crippen LogP contribution in [-0.4, -0.2) is 82.1 Å². The second-order valence-electron chi connectivity index (χ2n) is 7.95. The molecule has 0 aliphatic heterocycles. The summed E-state index contributed by atoms with van der Waals surface area (Å²) < 4.78 is 6.65. The zero-order chi connectivity index (χ0) is 23.8. The quantitative estimate of drug-likeness (QED) is 0.376. The van der Waals surface area contributed by atoms with Crippen molar-refractivity contribution in [2.75, 3.05) is 40.9 Å². The molecule has 10 nitrogen and oxygen atoms in total. The molecule has 176 valence electrons. The maximum atomic E-state index is 12.6. The molecule has 0 fully saturated rings. The molecule has 33 heavy (non-hydrogen) atoms. The normalized spacial score (nSPS) is 11.2. The van der Waals surface area contributed by atoms with Gasteiger partial charge in [-0.3, -0.25) is 4.79 Å². The smallest absolute Gasteiger partial charge is 0.251 e. The molecule has 0 aliphatic rings. The van der Waals surface area contributed by atoms with Crippen molar-refractivity contribution < 1.29 is 19.7 Å². The lowest BCUT2D eigenvalue weighted by Crippen LogP contribution is -2.27. The fourth-order valence-corrected chi connectivity index (χ4v) is 3.42. The standard InChI is InChI=1S/C23H30N6O4/c1-28(2)10-5-9-24-23(32)17-8-4-7-16(13-17)18-14-19(21(31)15-20(18)30)22-25-26-27-29(22)11-6-12-33-3/h4,7-8,13-15,30-31H,5-6,9-12H2,1-3H3,(H,24,32). The van der Waals surface area contributed by atoms with E-state index in [0.717, 1.165) is 13.0 Å². The van der Waals surface area contributed by atoms with E-state index in [-0.39, 0.29) is 17.4 Å². The van der Waals surface area contributed by atoms with Gasteiger partial charge in [0.1, 0.15) is 11.5 Å². The Labute approximate surface area is 192 Å². The third-order valence-corrected chi connectivity index (χ3v) is 5.11. The predicted octanol–water partition coefficient (Wildman–Crippen LogP) is 2.14. The van der Waals surface area contributed by atoms with Crippen LogP contribution in [0.2, 0.25) is 0 Å². The predicted molar refractivity (Wildman–Crippen MR) is 124 cm³/mol. The second-order valence-corrected chi connectivity index (χ2v) is 7.95. The number of rotatable bonds is 11. The van der Waals surface area contributed by atoms with E-state index < -0.39 is 0 Å². The van der Waals surface area contributed by atoms with Gasteiger partial charge in [0.05, 0.1) is 5.56 Å². The highest BCUT2D eigenvalue weighted by Gasteiger charge is 2.18. The average molecular weight is 455 g/mol. The Hall–Kier alpha value is -3.50. The lowest BCUT2D eigenvalue weighted by atomic mass is 9.98. The van der Waals surface area contributed by atoms with Crippen molar-refractivity contribution in [3.8, 4) is 34.0 Å². The molecule has 0 saturated heterocycles. The topological polar surface area (TPSA) is 126 Å². The molecule has 1 amide bonds. The molecule has 3 aromatic rings. The van der Waals surface area contributed by atoms with Crippen molar-refractivity contribution in [3.63, 3.8) is 0 Å². The first-order chi connectivity index (χ1) is 15.9. The molecule has 3 rings (SSSR count). The zero-order valence-electron chi connectivity index (χ0n) is 19.2. The van der Waals surface area contributed by atoms with Crippen molar-refractivity contribution in [2.24, 2.45) is 0 Å². The summed E-state index contributed by atoms with van der Waals surface area (Å²) in [7, 11) is 5.60. The largest absolute Gasteiger partial charge is 0.507 e. The maximum absolute atomic E-state index is 12.6. The van der Waals surface area contributed by atoms with Crippen LogP contribution in [0, 0.1) is 0 Å². The third-order valence-electron chi connectivity index (χ3n) is 5.11. The number of amides is 1. The number of benzene rings is 2. The van der Waals surface area contributed by atoms with Crippen LogP contribution in [-0.2, 0) is 11.3 Å². The number of ether oxygens (including phenoxy) is 1. The number of carbonyl (C=O) groups is 1. The van der Waals surface area contributed by atoms with Gasteiger partial charge >= 0.3 is 0 Å². The fraction of sp³-hybridized carbons (Fsp3) is 0.391. The lowest BCUT2D eigenvalue weighted by molar-refractivity contribution is 0.0952. The molecular weight excluding hydrogens is 424 g/mol. The minimum atomic E-state index is -0.184. The molecular formula is C23H30N6O4. The van der Waals surface area contributed by atoms with Crippen LogP contribution < -0.4 is 5.32 Å². The van der Waals surface area contributed by atoms with Crippen LogP contribution in [0.5, 0.6) is 11.5 Å². The summed E-state index contributed by atoms with van der Waals surface area (Å²) in [4.78, 5) is 14.6. The van der Waals surface area contributed by atoms with Crippen LogP contribution >= 0.6 is 0 Å². The zero-order valence-corrected chi connectivity index (χ0v) is 19.2. The molecule has 0 radical (unpaired) electrons. The number of nitrogens with one attached hydrogen (secondary N) is 1. The first-order valence-electron chi connectivity index (χ1n) is 10.8. The molecule has 10 heteroatoms. The highest BCUT2D eigenvalue weighted by Crippen LogP contribution is 2.39. The Kier molecular flexibility index (Phi) is 8.34. The third kappa shape index (κ3) is 6.27. The van der Waals surface area contributed by atoms with Crippen LogP contribution in [0.25, 0.3) is 22.5 Å². The van der Waals surface area contributed by atoms with E-state index in [0.29, 0.717) is 54.2 Å². The second kappa shape index (κ2) is 11.4. The van der Waals surface area contributed by atoms with Crippen LogP contribution in [0.15, 0.2) is 36.4 Å². The van der Waals surface area contributed by atoms with Gasteiger partial charge in [-0.1, -0.05) is 12.1 Å². The SMILES string of the molecule is COCCCn1nnnc1-c1cc(-c2cccc(C(=O)NCCCN(C)C)c2)c(O)cc1O. The van der Waals surface area contributed by atoms with E-state index in [1.54, 1.807) is 42.1 Å². The molecule has 0 spiro atoms. The van der Waals surface area contributed by atoms with Crippen LogP contribution in [0.4, 0.5) is 0 Å². The number of aryl methyl sites for hydroxylation is 1. The number of carbonyl (C=O) groups excluding carboxylic acids is 1. The first kappa shape index (κ1) is 24.1. The van der Waals surface area contributed by atoms with Gasteiger partial charge in [0.2, 0.25) is 0 Å². The number of nitrogens with zero attached hydrogens (tertiary/aromatic N) is 5.